The van der Waals surface area contributed by atoms with Crippen LogP contribution in [0.25, 0.3) is 16.0 Å². The van der Waals surface area contributed by atoms with E-state index in [0.29, 0.717) is 10.7 Å². The van der Waals surface area contributed by atoms with Crippen molar-refractivity contribution >= 4 is 55.5 Å². The minimum absolute atomic E-state index is 0.0912. The molecule has 2 aromatic heterocycles. The molecule has 1 aliphatic heterocycles. The van der Waals surface area contributed by atoms with E-state index in [-0.39, 0.29) is 11.3 Å². The maximum atomic E-state index is 13.2. The molecular formula is C25H20N2O3S2. The van der Waals surface area contributed by atoms with Gasteiger partial charge in [-0.05, 0) is 49.4 Å². The second kappa shape index (κ2) is 7.69. The van der Waals surface area contributed by atoms with Gasteiger partial charge in [0.1, 0.15) is 11.8 Å². The fourth-order valence-electron chi connectivity index (χ4n) is 4.07. The number of ketones is 1. The highest BCUT2D eigenvalue weighted by Crippen LogP contribution is 2.45. The first-order chi connectivity index (χ1) is 15.3. The molecule has 1 N–H and O–H groups in total. The largest absolute Gasteiger partial charge is 0.507 e. The zero-order valence-electron chi connectivity index (χ0n) is 17.7. The summed E-state index contributed by atoms with van der Waals surface area (Å²) in [6.07, 6.45) is 0. The Morgan fingerprint density at radius 3 is 2.47 bits per heavy atom. The number of aliphatic hydroxyl groups excluding tert-OH is 1. The molecule has 5 nitrogen and oxygen atoms in total. The van der Waals surface area contributed by atoms with Gasteiger partial charge in [0.2, 0.25) is 0 Å². The molecule has 3 heterocycles. The number of carbonyl (C=O) groups is 2. The Bertz CT molecular complexity index is 1400. The van der Waals surface area contributed by atoms with E-state index in [1.54, 1.807) is 12.1 Å². The lowest BCUT2D eigenvalue weighted by Crippen LogP contribution is -2.28. The number of benzene rings is 2. The number of carbonyl (C=O) groups excluding carboxylic acids is 2. The van der Waals surface area contributed by atoms with E-state index in [1.807, 2.05) is 62.5 Å². The van der Waals surface area contributed by atoms with Crippen molar-refractivity contribution in [1.29, 1.82) is 0 Å². The molecule has 2 aromatic carbocycles. The summed E-state index contributed by atoms with van der Waals surface area (Å²) < 4.78 is 0.961. The minimum Gasteiger partial charge on any atom is -0.507 e. The van der Waals surface area contributed by atoms with Gasteiger partial charge < -0.3 is 5.11 Å². The van der Waals surface area contributed by atoms with Crippen LogP contribution in [-0.4, -0.2) is 21.8 Å². The van der Waals surface area contributed by atoms with E-state index in [1.165, 1.54) is 27.6 Å². The highest BCUT2D eigenvalue weighted by Gasteiger charge is 2.48. The van der Waals surface area contributed by atoms with Gasteiger partial charge in [0.15, 0.2) is 5.13 Å². The highest BCUT2D eigenvalue weighted by molar-refractivity contribution is 7.22. The first-order valence-electron chi connectivity index (χ1n) is 10.1. The fourth-order valence-corrected chi connectivity index (χ4v) is 6.07. The van der Waals surface area contributed by atoms with E-state index in [0.717, 1.165) is 31.8 Å². The zero-order chi connectivity index (χ0) is 22.6. The predicted octanol–water partition coefficient (Wildman–Crippen LogP) is 5.91. The van der Waals surface area contributed by atoms with Gasteiger partial charge in [-0.2, -0.15) is 0 Å². The van der Waals surface area contributed by atoms with Crippen LogP contribution in [-0.2, 0) is 9.59 Å². The third-order valence-electron chi connectivity index (χ3n) is 5.61. The summed E-state index contributed by atoms with van der Waals surface area (Å²) in [6, 6.07) is 14.4. The Hall–Kier alpha value is -3.29. The van der Waals surface area contributed by atoms with Crippen molar-refractivity contribution in [3.8, 4) is 0 Å². The van der Waals surface area contributed by atoms with Crippen molar-refractivity contribution in [2.45, 2.75) is 26.8 Å². The minimum atomic E-state index is -0.724. The lowest BCUT2D eigenvalue weighted by molar-refractivity contribution is -0.132. The Morgan fingerprint density at radius 1 is 1.03 bits per heavy atom. The molecule has 5 rings (SSSR count). The Balaban J connectivity index is 1.72. The molecular weight excluding hydrogens is 440 g/mol. The number of thiazole rings is 1. The van der Waals surface area contributed by atoms with E-state index < -0.39 is 17.7 Å². The lowest BCUT2D eigenvalue weighted by atomic mass is 9.99. The summed E-state index contributed by atoms with van der Waals surface area (Å²) in [7, 11) is 0. The number of aryl methyl sites for hydroxylation is 3. The van der Waals surface area contributed by atoms with Crippen LogP contribution in [0.1, 0.15) is 33.2 Å². The molecule has 4 aromatic rings. The van der Waals surface area contributed by atoms with Crippen LogP contribution in [0.2, 0.25) is 0 Å². The first-order valence-corrected chi connectivity index (χ1v) is 11.8. The molecule has 0 bridgehead atoms. The molecule has 1 amide bonds. The van der Waals surface area contributed by atoms with Gasteiger partial charge in [-0.15, -0.1) is 11.3 Å². The van der Waals surface area contributed by atoms with Crippen molar-refractivity contribution in [3.05, 3.63) is 86.6 Å². The summed E-state index contributed by atoms with van der Waals surface area (Å²) in [5.74, 6) is -1.54. The first kappa shape index (κ1) is 20.6. The molecule has 0 saturated carbocycles. The van der Waals surface area contributed by atoms with Gasteiger partial charge in [-0.1, -0.05) is 53.3 Å². The number of hydrogen-bond donors (Lipinski definition) is 1. The number of anilines is 1. The zero-order valence-corrected chi connectivity index (χ0v) is 19.4. The van der Waals surface area contributed by atoms with Gasteiger partial charge in [0.05, 0.1) is 15.8 Å². The van der Waals surface area contributed by atoms with Gasteiger partial charge in [-0.25, -0.2) is 4.98 Å². The van der Waals surface area contributed by atoms with Crippen LogP contribution in [0.4, 0.5) is 5.13 Å². The predicted molar refractivity (Wildman–Crippen MR) is 129 cm³/mol. The van der Waals surface area contributed by atoms with Gasteiger partial charge >= 0.3 is 5.91 Å². The molecule has 32 heavy (non-hydrogen) atoms. The number of aromatic nitrogens is 1. The monoisotopic (exact) mass is 460 g/mol. The fraction of sp³-hybridized carbons (Fsp3) is 0.160. The quantitative estimate of drug-likeness (QED) is 0.234. The van der Waals surface area contributed by atoms with Gasteiger partial charge in [-0.3, -0.25) is 14.5 Å². The molecule has 1 atom stereocenters. The SMILES string of the molecule is Cc1ccc(C(O)=C2C(=O)C(=O)N(c3nc4c(C)cc(C)cc4s3)C2c2cccs2)cc1. The van der Waals surface area contributed by atoms with Crippen LogP contribution in [0.5, 0.6) is 0 Å². The number of amides is 1. The van der Waals surface area contributed by atoms with Crippen LogP contribution in [0, 0.1) is 20.8 Å². The average Bonchev–Trinajstić information content (AvgIpc) is 3.47. The molecule has 0 aliphatic carbocycles. The van der Waals surface area contributed by atoms with E-state index in [4.69, 9.17) is 4.98 Å². The maximum absolute atomic E-state index is 13.2. The average molecular weight is 461 g/mol. The number of rotatable bonds is 3. The van der Waals surface area contributed by atoms with E-state index >= 15 is 0 Å². The smallest absolute Gasteiger partial charge is 0.301 e. The number of thiophene rings is 1. The van der Waals surface area contributed by atoms with Crippen LogP contribution in [0.15, 0.2) is 59.5 Å². The molecule has 1 aliphatic rings. The second-order valence-corrected chi connectivity index (χ2v) is 9.96. The van der Waals surface area contributed by atoms with Crippen LogP contribution < -0.4 is 4.90 Å². The van der Waals surface area contributed by atoms with Crippen molar-refractivity contribution < 1.29 is 14.7 Å². The second-order valence-electron chi connectivity index (χ2n) is 7.98. The van der Waals surface area contributed by atoms with Crippen LogP contribution >= 0.6 is 22.7 Å². The maximum Gasteiger partial charge on any atom is 0.301 e. The van der Waals surface area contributed by atoms with Crippen LogP contribution in [0.3, 0.4) is 0 Å². The summed E-state index contributed by atoms with van der Waals surface area (Å²) in [5.41, 5.74) is 4.59. The van der Waals surface area contributed by atoms with E-state index in [9.17, 15) is 14.7 Å². The third-order valence-corrected chi connectivity index (χ3v) is 7.53. The number of fused-ring (bicyclic) bond motifs is 1. The van der Waals surface area contributed by atoms with Crippen molar-refractivity contribution in [3.63, 3.8) is 0 Å². The summed E-state index contributed by atoms with van der Waals surface area (Å²) in [6.45, 7) is 5.96. The number of Topliss-reactive ketones (excluding diaryl/α,β-unsaturated/α-hetero) is 1. The number of hydrogen-bond acceptors (Lipinski definition) is 6. The Labute approximate surface area is 193 Å². The summed E-state index contributed by atoms with van der Waals surface area (Å²) in [5, 5.41) is 13.5. The molecule has 0 radical (unpaired) electrons. The standard InChI is InChI=1S/C25H20N2O3S2/c1-13-6-8-16(9-7-13)22(28)19-21(17-5-4-10-31-17)27(24(30)23(19)29)25-26-20-15(3)11-14(2)12-18(20)32-25/h4-12,21,28H,1-3H3. The van der Waals surface area contributed by atoms with E-state index in [2.05, 4.69) is 0 Å². The molecule has 1 fully saturated rings. The molecule has 1 unspecified atom stereocenters. The van der Waals surface area contributed by atoms with Crippen molar-refractivity contribution in [1.82, 2.24) is 4.98 Å². The van der Waals surface area contributed by atoms with Gasteiger partial charge in [0.25, 0.3) is 5.78 Å². The Kier molecular flexibility index (Phi) is 4.95. The van der Waals surface area contributed by atoms with Crippen molar-refractivity contribution in [2.75, 3.05) is 4.90 Å². The topological polar surface area (TPSA) is 70.5 Å². The number of nitrogens with zero attached hydrogens (tertiary/aromatic N) is 2. The number of aliphatic hydroxyl groups is 1. The summed E-state index contributed by atoms with van der Waals surface area (Å²) in [4.78, 5) is 33.4. The molecule has 160 valence electrons. The van der Waals surface area contributed by atoms with Gasteiger partial charge in [0, 0.05) is 10.4 Å². The Morgan fingerprint density at radius 2 is 1.78 bits per heavy atom. The lowest BCUT2D eigenvalue weighted by Gasteiger charge is -2.21. The molecule has 7 heteroatoms. The summed E-state index contributed by atoms with van der Waals surface area (Å²) >= 11 is 2.82. The molecule has 0 spiro atoms. The normalized spacial score (nSPS) is 18.1. The van der Waals surface area contributed by atoms with Crippen molar-refractivity contribution in [2.24, 2.45) is 0 Å². The highest BCUT2D eigenvalue weighted by atomic mass is 32.1. The third kappa shape index (κ3) is 3.25. The molecule has 1 saturated heterocycles.